The molecule has 2 N–H and O–H groups in total. The summed E-state index contributed by atoms with van der Waals surface area (Å²) in [5.41, 5.74) is 3.02. The van der Waals surface area contributed by atoms with Gasteiger partial charge < -0.3 is 10.4 Å². The first-order valence-corrected chi connectivity index (χ1v) is 10.6. The summed E-state index contributed by atoms with van der Waals surface area (Å²) in [5.74, 6) is -0.0853. The Hall–Kier alpha value is -2.56. The molecule has 0 heterocycles. The van der Waals surface area contributed by atoms with Gasteiger partial charge in [-0.3, -0.25) is 4.79 Å². The molecule has 0 fully saturated rings. The molecule has 28 heavy (non-hydrogen) atoms. The highest BCUT2D eigenvalue weighted by Crippen LogP contribution is 2.28. The molecule has 0 saturated carbocycles. The molecule has 3 aromatic carbocycles. The van der Waals surface area contributed by atoms with E-state index in [4.69, 9.17) is 0 Å². The minimum absolute atomic E-state index is 0.0135. The molecule has 3 aromatic rings. The van der Waals surface area contributed by atoms with Crippen molar-refractivity contribution in [1.82, 2.24) is 5.32 Å². The van der Waals surface area contributed by atoms with Crippen molar-refractivity contribution >= 4 is 17.7 Å². The molecular formula is C24H25NO2S. The number of aliphatic hydroxyl groups excluding tert-OH is 1. The van der Waals surface area contributed by atoms with E-state index < -0.39 is 6.10 Å². The maximum absolute atomic E-state index is 12.6. The number of hydrogen-bond donors (Lipinski definition) is 2. The first kappa shape index (κ1) is 20.2. The molecule has 144 valence electrons. The summed E-state index contributed by atoms with van der Waals surface area (Å²) in [6.07, 6.45) is 1.64. The predicted octanol–water partition coefficient (Wildman–Crippen LogP) is 4.78. The predicted molar refractivity (Wildman–Crippen MR) is 116 cm³/mol. The molecule has 0 aliphatic rings. The van der Waals surface area contributed by atoms with E-state index in [1.165, 1.54) is 0 Å². The topological polar surface area (TPSA) is 49.3 Å². The van der Waals surface area contributed by atoms with Gasteiger partial charge in [0, 0.05) is 23.8 Å². The van der Waals surface area contributed by atoms with E-state index in [9.17, 15) is 9.90 Å². The highest BCUT2D eigenvalue weighted by molar-refractivity contribution is 7.98. The van der Waals surface area contributed by atoms with E-state index in [0.29, 0.717) is 6.42 Å². The van der Waals surface area contributed by atoms with Crippen LogP contribution in [0.5, 0.6) is 0 Å². The third-order valence-electron chi connectivity index (χ3n) is 4.79. The van der Waals surface area contributed by atoms with Crippen molar-refractivity contribution in [3.63, 3.8) is 0 Å². The van der Waals surface area contributed by atoms with Crippen LogP contribution in [0.15, 0.2) is 89.8 Å². The van der Waals surface area contributed by atoms with E-state index in [0.717, 1.165) is 21.6 Å². The van der Waals surface area contributed by atoms with Crippen LogP contribution in [0.1, 0.15) is 35.1 Å². The normalized spacial score (nSPS) is 12.0. The highest BCUT2D eigenvalue weighted by atomic mass is 32.2. The van der Waals surface area contributed by atoms with Crippen LogP contribution in [0, 0.1) is 0 Å². The van der Waals surface area contributed by atoms with Gasteiger partial charge in [-0.2, -0.15) is 0 Å². The Bertz CT molecular complexity index is 827. The molecule has 0 aromatic heterocycles. The zero-order valence-corrected chi connectivity index (χ0v) is 16.7. The van der Waals surface area contributed by atoms with Gasteiger partial charge in [-0.25, -0.2) is 0 Å². The zero-order chi connectivity index (χ0) is 19.8. The second kappa shape index (κ2) is 10.1. The summed E-state index contributed by atoms with van der Waals surface area (Å²) in [6.45, 7) is 0.202. The van der Waals surface area contributed by atoms with Crippen molar-refractivity contribution in [2.24, 2.45) is 0 Å². The maximum Gasteiger partial charge on any atom is 0.221 e. The molecule has 1 amide bonds. The van der Waals surface area contributed by atoms with Gasteiger partial charge in [0.15, 0.2) is 0 Å². The van der Waals surface area contributed by atoms with Crippen molar-refractivity contribution < 1.29 is 9.90 Å². The molecule has 0 bridgehead atoms. The number of amides is 1. The largest absolute Gasteiger partial charge is 0.387 e. The van der Waals surface area contributed by atoms with E-state index in [2.05, 4.69) is 5.32 Å². The van der Waals surface area contributed by atoms with Crippen molar-refractivity contribution in [2.45, 2.75) is 23.3 Å². The lowest BCUT2D eigenvalue weighted by atomic mass is 9.88. The summed E-state index contributed by atoms with van der Waals surface area (Å²) in [6, 6.07) is 27.9. The van der Waals surface area contributed by atoms with Crippen LogP contribution >= 0.6 is 11.8 Å². The smallest absolute Gasteiger partial charge is 0.221 e. The molecule has 0 aliphatic heterocycles. The third kappa shape index (κ3) is 5.47. The van der Waals surface area contributed by atoms with Gasteiger partial charge in [0.2, 0.25) is 5.91 Å². The molecule has 0 radical (unpaired) electrons. The summed E-state index contributed by atoms with van der Waals surface area (Å²) in [7, 11) is 0. The molecular weight excluding hydrogens is 366 g/mol. The van der Waals surface area contributed by atoms with Crippen LogP contribution in [-0.4, -0.2) is 23.8 Å². The number of aliphatic hydroxyl groups is 1. The molecule has 0 spiro atoms. The Balaban J connectivity index is 1.63. The first-order valence-electron chi connectivity index (χ1n) is 9.36. The van der Waals surface area contributed by atoms with Gasteiger partial charge in [-0.1, -0.05) is 72.8 Å². The average molecular weight is 392 g/mol. The van der Waals surface area contributed by atoms with Crippen LogP contribution in [0.4, 0.5) is 0 Å². The Labute approximate surface area is 170 Å². The summed E-state index contributed by atoms with van der Waals surface area (Å²) < 4.78 is 0. The van der Waals surface area contributed by atoms with Gasteiger partial charge in [-0.05, 0) is 35.1 Å². The van der Waals surface area contributed by atoms with Crippen LogP contribution in [0.3, 0.4) is 0 Å². The number of carbonyl (C=O) groups excluding carboxylic acids is 1. The Morgan fingerprint density at radius 3 is 1.89 bits per heavy atom. The van der Waals surface area contributed by atoms with Crippen LogP contribution in [0.2, 0.25) is 0 Å². The second-order valence-electron chi connectivity index (χ2n) is 6.67. The lowest BCUT2D eigenvalue weighted by Gasteiger charge is -2.19. The van der Waals surface area contributed by atoms with E-state index in [-0.39, 0.29) is 18.4 Å². The van der Waals surface area contributed by atoms with Crippen LogP contribution < -0.4 is 5.32 Å². The van der Waals surface area contributed by atoms with Gasteiger partial charge in [-0.15, -0.1) is 11.8 Å². The van der Waals surface area contributed by atoms with Crippen molar-refractivity contribution in [2.75, 3.05) is 12.8 Å². The summed E-state index contributed by atoms with van der Waals surface area (Å²) in [4.78, 5) is 13.8. The molecule has 3 nitrogen and oxygen atoms in total. The van der Waals surface area contributed by atoms with E-state index >= 15 is 0 Å². The van der Waals surface area contributed by atoms with Gasteiger partial charge >= 0.3 is 0 Å². The number of benzene rings is 3. The summed E-state index contributed by atoms with van der Waals surface area (Å²) >= 11 is 1.66. The summed E-state index contributed by atoms with van der Waals surface area (Å²) in [5, 5.41) is 13.3. The lowest BCUT2D eigenvalue weighted by molar-refractivity contribution is -0.121. The molecule has 3 rings (SSSR count). The Kier molecular flexibility index (Phi) is 7.29. The fraction of sp³-hybridized carbons (Fsp3) is 0.208. The fourth-order valence-electron chi connectivity index (χ4n) is 3.21. The Morgan fingerprint density at radius 1 is 0.857 bits per heavy atom. The van der Waals surface area contributed by atoms with Gasteiger partial charge in [0.1, 0.15) is 0 Å². The quantitative estimate of drug-likeness (QED) is 0.543. The second-order valence-corrected chi connectivity index (χ2v) is 7.55. The number of thioether (sulfide) groups is 1. The van der Waals surface area contributed by atoms with Crippen molar-refractivity contribution in [3.8, 4) is 0 Å². The number of hydrogen-bond acceptors (Lipinski definition) is 3. The Morgan fingerprint density at radius 2 is 1.39 bits per heavy atom. The van der Waals surface area contributed by atoms with E-state index in [1.54, 1.807) is 11.8 Å². The van der Waals surface area contributed by atoms with Crippen molar-refractivity contribution in [1.29, 1.82) is 0 Å². The third-order valence-corrected chi connectivity index (χ3v) is 5.53. The minimum atomic E-state index is -0.716. The first-order chi connectivity index (χ1) is 13.7. The lowest BCUT2D eigenvalue weighted by Crippen LogP contribution is -2.29. The minimum Gasteiger partial charge on any atom is -0.387 e. The standard InChI is InChI=1S/C24H25NO2S/c1-28-21-14-12-20(13-15-21)23(26)17-25-24(27)16-22(18-8-4-2-5-9-18)19-10-6-3-7-11-19/h2-15,22-23,26H,16-17H2,1H3,(H,25,27). The van der Waals surface area contributed by atoms with E-state index in [1.807, 2.05) is 91.2 Å². The fourth-order valence-corrected chi connectivity index (χ4v) is 3.62. The van der Waals surface area contributed by atoms with Crippen molar-refractivity contribution in [3.05, 3.63) is 102 Å². The van der Waals surface area contributed by atoms with Crippen LogP contribution in [-0.2, 0) is 4.79 Å². The number of nitrogens with one attached hydrogen (secondary N) is 1. The highest BCUT2D eigenvalue weighted by Gasteiger charge is 2.18. The number of carbonyl (C=O) groups is 1. The average Bonchev–Trinajstić information content (AvgIpc) is 2.77. The maximum atomic E-state index is 12.6. The molecule has 1 unspecified atom stereocenters. The molecule has 1 atom stereocenters. The number of rotatable bonds is 8. The van der Waals surface area contributed by atoms with Gasteiger partial charge in [0.05, 0.1) is 6.10 Å². The molecule has 0 saturated heterocycles. The molecule has 4 heteroatoms. The van der Waals surface area contributed by atoms with Gasteiger partial charge in [0.25, 0.3) is 0 Å². The zero-order valence-electron chi connectivity index (χ0n) is 15.9. The molecule has 0 aliphatic carbocycles. The van der Waals surface area contributed by atoms with Crippen LogP contribution in [0.25, 0.3) is 0 Å². The monoisotopic (exact) mass is 391 g/mol. The SMILES string of the molecule is CSc1ccc(C(O)CNC(=O)CC(c2ccccc2)c2ccccc2)cc1.